The predicted molar refractivity (Wildman–Crippen MR) is 269 cm³/mol. The van der Waals surface area contributed by atoms with Crippen molar-refractivity contribution < 1.29 is 38.1 Å². The average molecular weight is 924 g/mol. The number of morpholine rings is 1. The molecule has 2 saturated heterocycles. The zero-order valence-electron chi connectivity index (χ0n) is 39.7. The van der Waals surface area contributed by atoms with E-state index in [4.69, 9.17) is 28.5 Å². The van der Waals surface area contributed by atoms with Crippen LogP contribution in [0.2, 0.25) is 0 Å². The number of hydrogen-bond donors (Lipinski definition) is 0. The van der Waals surface area contributed by atoms with E-state index in [1.165, 1.54) is 16.2 Å². The standard InChI is InChI=1S/C58H57N3O8/c1-37(2)55(62)66-31-28-61-56(63)67-36-38-12-11-25-60(35-38)49-33-46-47(34-51(49)69-61)54-45(53-52(46)44-22-17-39(32-48(44)57(53,3)4)43-15-9-10-16-50(43)64-5)23-24-58(68-54,40-13-7-6-8-14-40)41-18-20-42(21-19-41)59-26-29-65-30-27-59/h6-10,13-24,32-34,38H,1,11-12,25-31,35-36H2,2-5H3. The van der Waals surface area contributed by atoms with Crippen molar-refractivity contribution >= 4 is 40.3 Å². The Bertz CT molecular complexity index is 3030. The van der Waals surface area contributed by atoms with Crippen molar-refractivity contribution in [3.63, 3.8) is 0 Å². The first-order chi connectivity index (χ1) is 33.5. The zero-order valence-corrected chi connectivity index (χ0v) is 39.7. The Kier molecular flexibility index (Phi) is 11.4. The number of anilines is 2. The van der Waals surface area contributed by atoms with E-state index in [0.717, 1.165) is 99.3 Å². The Balaban J connectivity index is 1.14. The number of hydroxylamine groups is 2. The molecule has 2 atom stereocenters. The van der Waals surface area contributed by atoms with Gasteiger partial charge in [0.25, 0.3) is 0 Å². The molecule has 0 radical (unpaired) electrons. The molecule has 352 valence electrons. The lowest BCUT2D eigenvalue weighted by Gasteiger charge is -2.39. The number of piperidine rings is 1. The molecule has 5 aliphatic rings. The number of hydrogen-bond acceptors (Lipinski definition) is 10. The molecule has 2 unspecified atom stereocenters. The highest BCUT2D eigenvalue weighted by atomic mass is 16.7. The molecule has 0 spiro atoms. The first kappa shape index (κ1) is 44.3. The predicted octanol–water partition coefficient (Wildman–Crippen LogP) is 11.1. The van der Waals surface area contributed by atoms with Crippen LogP contribution in [0, 0.1) is 5.92 Å². The average Bonchev–Trinajstić information content (AvgIpc) is 3.63. The van der Waals surface area contributed by atoms with E-state index in [1.807, 2.05) is 30.3 Å². The van der Waals surface area contributed by atoms with Gasteiger partial charge >= 0.3 is 12.1 Å². The number of cyclic esters (lactones) is 1. The molecule has 1 amide bonds. The van der Waals surface area contributed by atoms with Crippen molar-refractivity contribution in [2.24, 2.45) is 5.92 Å². The van der Waals surface area contributed by atoms with Crippen molar-refractivity contribution in [3.8, 4) is 39.5 Å². The molecule has 0 N–H and O–H groups in total. The largest absolute Gasteiger partial charge is 0.496 e. The number of methoxy groups -OCH3 is 1. The summed E-state index contributed by atoms with van der Waals surface area (Å²) < 4.78 is 30.7. The summed E-state index contributed by atoms with van der Waals surface area (Å²) in [7, 11) is 1.72. The third-order valence-corrected chi connectivity index (χ3v) is 14.6. The third-order valence-electron chi connectivity index (χ3n) is 14.6. The van der Waals surface area contributed by atoms with Gasteiger partial charge in [-0.2, -0.15) is 0 Å². The Hall–Kier alpha value is -7.24. The number of para-hydroxylation sites is 1. The Morgan fingerprint density at radius 2 is 1.62 bits per heavy atom. The van der Waals surface area contributed by atoms with Crippen LogP contribution >= 0.6 is 0 Å². The van der Waals surface area contributed by atoms with Gasteiger partial charge < -0.3 is 38.3 Å². The number of nitrogens with zero attached hydrogens (tertiary/aromatic N) is 3. The van der Waals surface area contributed by atoms with E-state index in [0.29, 0.717) is 31.3 Å². The van der Waals surface area contributed by atoms with Crippen molar-refractivity contribution in [2.75, 3.05) is 76.1 Å². The van der Waals surface area contributed by atoms with Crippen molar-refractivity contribution in [1.29, 1.82) is 0 Å². The fraction of sp³-hybridized carbons (Fsp3) is 0.310. The summed E-state index contributed by atoms with van der Waals surface area (Å²) in [6, 6.07) is 38.4. The van der Waals surface area contributed by atoms with Crippen molar-refractivity contribution in [1.82, 2.24) is 5.06 Å². The molecule has 0 aromatic heterocycles. The summed E-state index contributed by atoms with van der Waals surface area (Å²) in [5.41, 5.74) is 10.5. The molecule has 11 nitrogen and oxygen atoms in total. The second-order valence-corrected chi connectivity index (χ2v) is 19.3. The first-order valence-electron chi connectivity index (χ1n) is 24.1. The van der Waals surface area contributed by atoms with Crippen LogP contribution in [0.4, 0.5) is 16.2 Å². The minimum absolute atomic E-state index is 0.0603. The van der Waals surface area contributed by atoms with E-state index in [1.54, 1.807) is 14.0 Å². The minimum atomic E-state index is -1.02. The van der Waals surface area contributed by atoms with Crippen molar-refractivity contribution in [3.05, 3.63) is 155 Å². The summed E-state index contributed by atoms with van der Waals surface area (Å²) in [5, 5.41) is 3.02. The molecule has 0 saturated carbocycles. The monoisotopic (exact) mass is 923 g/mol. The molecular weight excluding hydrogens is 867 g/mol. The number of fused-ring (bicyclic) bond motifs is 12. The molecule has 2 bridgehead atoms. The van der Waals surface area contributed by atoms with Gasteiger partial charge in [0, 0.05) is 76.4 Å². The van der Waals surface area contributed by atoms with Crippen LogP contribution in [0.15, 0.2) is 127 Å². The summed E-state index contributed by atoms with van der Waals surface area (Å²) in [4.78, 5) is 37.8. The topological polar surface area (TPSA) is 99.2 Å². The van der Waals surface area contributed by atoms with E-state index >= 15 is 0 Å². The molecule has 6 aromatic carbocycles. The Morgan fingerprint density at radius 3 is 2.41 bits per heavy atom. The number of esters is 1. The third kappa shape index (κ3) is 7.73. The molecule has 11 heteroatoms. The van der Waals surface area contributed by atoms with Crippen LogP contribution < -0.4 is 24.1 Å². The lowest BCUT2D eigenvalue weighted by atomic mass is 9.76. The van der Waals surface area contributed by atoms with Gasteiger partial charge in [-0.05, 0) is 95.4 Å². The summed E-state index contributed by atoms with van der Waals surface area (Å²) in [6.07, 6.45) is 5.69. The maximum atomic E-state index is 13.9. The van der Waals surface area contributed by atoms with Crippen LogP contribution in [0.3, 0.4) is 0 Å². The summed E-state index contributed by atoms with van der Waals surface area (Å²) in [6.45, 7) is 14.6. The second kappa shape index (κ2) is 17.7. The maximum absolute atomic E-state index is 13.9. The van der Waals surface area contributed by atoms with Crippen LogP contribution in [0.1, 0.15) is 61.4 Å². The Labute approximate surface area is 403 Å². The molecule has 1 aliphatic carbocycles. The van der Waals surface area contributed by atoms with Gasteiger partial charge in [0.2, 0.25) is 0 Å². The fourth-order valence-electron chi connectivity index (χ4n) is 11.1. The van der Waals surface area contributed by atoms with E-state index < -0.39 is 23.1 Å². The van der Waals surface area contributed by atoms with Gasteiger partial charge in [0.1, 0.15) is 18.1 Å². The fourth-order valence-corrected chi connectivity index (χ4v) is 11.1. The van der Waals surface area contributed by atoms with E-state index in [-0.39, 0.29) is 31.2 Å². The SMILES string of the molecule is C=C(C)C(=O)OCCN1Oc2cc3c4c(c5c(c3cc2N2CCCC(COC1=O)C2)-c1ccc(-c2ccccc2OC)cc1C5(C)C)C=CC(c1ccccc1)(c1ccc(N2CCOCC2)cc1)O4. The minimum Gasteiger partial charge on any atom is -0.496 e. The number of rotatable bonds is 9. The van der Waals surface area contributed by atoms with Crippen molar-refractivity contribution in [2.45, 2.75) is 44.6 Å². The molecule has 4 heterocycles. The summed E-state index contributed by atoms with van der Waals surface area (Å²) in [5.74, 6) is 1.57. The highest BCUT2D eigenvalue weighted by Gasteiger charge is 2.45. The van der Waals surface area contributed by atoms with Gasteiger partial charge in [-0.1, -0.05) is 99.3 Å². The number of benzene rings is 6. The van der Waals surface area contributed by atoms with E-state index in [9.17, 15) is 9.59 Å². The smallest absolute Gasteiger partial charge is 0.443 e. The molecule has 2 fully saturated rings. The number of amides is 1. The zero-order chi connectivity index (χ0) is 47.4. The van der Waals surface area contributed by atoms with Crippen LogP contribution in [0.25, 0.3) is 39.1 Å². The molecule has 11 rings (SSSR count). The van der Waals surface area contributed by atoms with Gasteiger partial charge in [-0.25, -0.2) is 9.59 Å². The van der Waals surface area contributed by atoms with Crippen LogP contribution in [0.5, 0.6) is 17.2 Å². The molecular formula is C58H57N3O8. The van der Waals surface area contributed by atoms with Gasteiger partial charge in [-0.3, -0.25) is 0 Å². The number of carbonyl (C=O) groups excluding carboxylic acids is 2. The number of ether oxygens (including phenoxy) is 5. The maximum Gasteiger partial charge on any atom is 0.443 e. The molecule has 4 aliphatic heterocycles. The normalized spacial score (nSPS) is 20.1. The molecule has 6 aromatic rings. The lowest BCUT2D eigenvalue weighted by Crippen LogP contribution is -2.43. The molecule has 69 heavy (non-hydrogen) atoms. The van der Waals surface area contributed by atoms with Gasteiger partial charge in [0.05, 0.1) is 39.2 Å². The first-order valence-corrected chi connectivity index (χ1v) is 24.1. The van der Waals surface area contributed by atoms with Crippen LogP contribution in [-0.2, 0) is 30.0 Å². The van der Waals surface area contributed by atoms with Gasteiger partial charge in [-0.15, -0.1) is 5.06 Å². The number of carbonyl (C=O) groups is 2. The lowest BCUT2D eigenvalue weighted by molar-refractivity contribution is -0.141. The van der Waals surface area contributed by atoms with E-state index in [2.05, 4.69) is 121 Å². The quantitative estimate of drug-likeness (QED) is 0.103. The highest BCUT2D eigenvalue weighted by Crippen LogP contribution is 2.60. The highest BCUT2D eigenvalue weighted by molar-refractivity contribution is 6.10. The summed E-state index contributed by atoms with van der Waals surface area (Å²) >= 11 is 0. The van der Waals surface area contributed by atoms with Crippen LogP contribution in [-0.4, -0.2) is 83.4 Å². The second-order valence-electron chi connectivity index (χ2n) is 19.3. The Morgan fingerprint density at radius 1 is 0.855 bits per heavy atom. The van der Waals surface area contributed by atoms with Gasteiger partial charge in [0.15, 0.2) is 11.4 Å².